The van der Waals surface area contributed by atoms with Gasteiger partial charge in [-0.3, -0.25) is 9.59 Å². The van der Waals surface area contributed by atoms with E-state index in [4.69, 9.17) is 5.73 Å². The highest BCUT2D eigenvalue weighted by molar-refractivity contribution is 6.06. The lowest BCUT2D eigenvalue weighted by molar-refractivity contribution is -0.114. The van der Waals surface area contributed by atoms with E-state index >= 15 is 0 Å². The van der Waals surface area contributed by atoms with Crippen LogP contribution in [0.3, 0.4) is 0 Å². The Morgan fingerprint density at radius 2 is 1.69 bits per heavy atom. The van der Waals surface area contributed by atoms with Crippen molar-refractivity contribution in [2.45, 2.75) is 13.8 Å². The lowest BCUT2D eigenvalue weighted by Crippen LogP contribution is -2.14. The second kappa shape index (κ2) is 8.35. The molecule has 0 spiro atoms. The monoisotopic (exact) mass is 349 g/mol. The zero-order valence-corrected chi connectivity index (χ0v) is 14.5. The highest BCUT2D eigenvalue weighted by Gasteiger charge is 2.10. The van der Waals surface area contributed by atoms with Crippen LogP contribution in [-0.4, -0.2) is 11.8 Å². The number of nitrogens with zero attached hydrogens (tertiary/aromatic N) is 1. The van der Waals surface area contributed by atoms with Crippen LogP contribution in [-0.2, 0) is 9.59 Å². The number of anilines is 4. The highest BCUT2D eigenvalue weighted by Crippen LogP contribution is 2.20. The first kappa shape index (κ1) is 18.5. The van der Waals surface area contributed by atoms with Gasteiger partial charge in [-0.1, -0.05) is 6.07 Å². The number of hydrogen-bond acceptors (Lipinski definition) is 5. The number of benzene rings is 2. The van der Waals surface area contributed by atoms with E-state index in [2.05, 4.69) is 16.0 Å². The van der Waals surface area contributed by atoms with Crippen LogP contribution in [0.15, 0.2) is 54.2 Å². The maximum absolute atomic E-state index is 12.2. The molecule has 7 nitrogen and oxygen atoms in total. The van der Waals surface area contributed by atoms with Crippen molar-refractivity contribution in [1.82, 2.24) is 0 Å². The van der Waals surface area contributed by atoms with E-state index in [1.165, 1.54) is 13.1 Å². The fourth-order valence-corrected chi connectivity index (χ4v) is 2.15. The molecule has 0 atom stereocenters. The Hall–Kier alpha value is -3.79. The minimum Gasteiger partial charge on any atom is -0.397 e. The number of carbonyl (C=O) groups is 2. The van der Waals surface area contributed by atoms with Crippen LogP contribution < -0.4 is 21.7 Å². The predicted octanol–water partition coefficient (Wildman–Crippen LogP) is 2.99. The molecular formula is C19H19N5O2. The Kier molecular flexibility index (Phi) is 5.96. The summed E-state index contributed by atoms with van der Waals surface area (Å²) in [6.45, 7) is 3.33. The van der Waals surface area contributed by atoms with E-state index in [9.17, 15) is 14.9 Å². The summed E-state index contributed by atoms with van der Waals surface area (Å²) in [5.41, 5.74) is 9.05. The number of nitrogens with two attached hydrogens (primary N) is 1. The number of carbonyl (C=O) groups excluding carboxylic acids is 2. The third-order valence-electron chi connectivity index (χ3n) is 3.41. The number of amides is 2. The van der Waals surface area contributed by atoms with Crippen molar-refractivity contribution in [3.8, 4) is 6.07 Å². The Balaban J connectivity index is 2.06. The zero-order chi connectivity index (χ0) is 19.1. The van der Waals surface area contributed by atoms with Gasteiger partial charge in [0.05, 0.1) is 11.4 Å². The normalized spacial score (nSPS) is 10.6. The average Bonchev–Trinajstić information content (AvgIpc) is 2.58. The highest BCUT2D eigenvalue weighted by atomic mass is 16.2. The van der Waals surface area contributed by atoms with E-state index in [-0.39, 0.29) is 11.5 Å². The quantitative estimate of drug-likeness (QED) is 0.376. The molecule has 2 aromatic rings. The fourth-order valence-electron chi connectivity index (χ4n) is 2.15. The van der Waals surface area contributed by atoms with Crippen LogP contribution in [0.4, 0.5) is 22.7 Å². The molecule has 0 aromatic heterocycles. The standard InChI is InChI=1S/C19H19N5O2/c1-12-3-8-18(17(21)9-12)22-11-14(10-20)19(26)24-16-6-4-15(5-7-16)23-13(2)25/h3-9,11,22H,21H2,1-2H3,(H,23,25)(H,24,26)/b14-11-. The summed E-state index contributed by atoms with van der Waals surface area (Å²) in [4.78, 5) is 23.2. The second-order valence-electron chi connectivity index (χ2n) is 5.62. The molecule has 0 aliphatic heterocycles. The molecule has 0 fully saturated rings. The molecule has 7 heteroatoms. The van der Waals surface area contributed by atoms with Gasteiger partial charge in [-0.15, -0.1) is 0 Å². The molecule has 5 N–H and O–H groups in total. The number of rotatable bonds is 5. The van der Waals surface area contributed by atoms with Gasteiger partial charge in [-0.25, -0.2) is 0 Å². The van der Waals surface area contributed by atoms with Crippen LogP contribution in [0.2, 0.25) is 0 Å². The van der Waals surface area contributed by atoms with Gasteiger partial charge in [0.15, 0.2) is 0 Å². The predicted molar refractivity (Wildman–Crippen MR) is 102 cm³/mol. The van der Waals surface area contributed by atoms with Crippen molar-refractivity contribution in [3.63, 3.8) is 0 Å². The molecule has 0 heterocycles. The van der Waals surface area contributed by atoms with Gasteiger partial charge in [-0.05, 0) is 48.9 Å². The Morgan fingerprint density at radius 3 is 2.23 bits per heavy atom. The molecule has 0 saturated heterocycles. The smallest absolute Gasteiger partial charge is 0.267 e. The van der Waals surface area contributed by atoms with Crippen LogP contribution in [0.25, 0.3) is 0 Å². The lowest BCUT2D eigenvalue weighted by Gasteiger charge is -2.08. The molecule has 26 heavy (non-hydrogen) atoms. The van der Waals surface area contributed by atoms with Crippen LogP contribution in [0, 0.1) is 18.3 Å². The van der Waals surface area contributed by atoms with E-state index < -0.39 is 5.91 Å². The van der Waals surface area contributed by atoms with E-state index in [0.29, 0.717) is 22.7 Å². The maximum Gasteiger partial charge on any atom is 0.267 e. The number of nitrogens with one attached hydrogen (secondary N) is 3. The minimum absolute atomic E-state index is 0.101. The zero-order valence-electron chi connectivity index (χ0n) is 14.5. The van der Waals surface area contributed by atoms with Crippen molar-refractivity contribution in [3.05, 3.63) is 59.8 Å². The van der Waals surface area contributed by atoms with Crippen LogP contribution in [0.5, 0.6) is 0 Å². The first-order chi connectivity index (χ1) is 12.4. The Morgan fingerprint density at radius 1 is 1.08 bits per heavy atom. The van der Waals surface area contributed by atoms with Gasteiger partial charge in [0.1, 0.15) is 11.6 Å². The van der Waals surface area contributed by atoms with E-state index in [1.807, 2.05) is 19.1 Å². The topological polar surface area (TPSA) is 120 Å². The Labute approximate surface area is 151 Å². The second-order valence-corrected chi connectivity index (χ2v) is 5.62. The number of hydrogen-bond donors (Lipinski definition) is 4. The molecule has 0 bridgehead atoms. The first-order valence-corrected chi connectivity index (χ1v) is 7.81. The number of nitrogen functional groups attached to an aromatic ring is 1. The summed E-state index contributed by atoms with van der Waals surface area (Å²) in [6.07, 6.45) is 1.31. The molecule has 2 amide bonds. The summed E-state index contributed by atoms with van der Waals surface area (Å²) in [6, 6.07) is 13.8. The molecule has 132 valence electrons. The maximum atomic E-state index is 12.2. The van der Waals surface area contributed by atoms with Crippen molar-refractivity contribution in [2.24, 2.45) is 0 Å². The van der Waals surface area contributed by atoms with Gasteiger partial charge in [0.2, 0.25) is 5.91 Å². The van der Waals surface area contributed by atoms with Gasteiger partial charge < -0.3 is 21.7 Å². The van der Waals surface area contributed by atoms with Gasteiger partial charge in [0.25, 0.3) is 5.91 Å². The molecule has 0 aliphatic carbocycles. The largest absolute Gasteiger partial charge is 0.397 e. The molecule has 0 unspecified atom stereocenters. The molecule has 0 saturated carbocycles. The van der Waals surface area contributed by atoms with Crippen molar-refractivity contribution in [1.29, 1.82) is 5.26 Å². The summed E-state index contributed by atoms with van der Waals surface area (Å²) in [7, 11) is 0. The number of nitriles is 1. The molecule has 0 aliphatic rings. The van der Waals surface area contributed by atoms with Crippen molar-refractivity contribution >= 4 is 34.6 Å². The number of aryl methyl sites for hydroxylation is 1. The van der Waals surface area contributed by atoms with E-state index in [0.717, 1.165) is 5.56 Å². The molecule has 0 radical (unpaired) electrons. The third kappa shape index (κ3) is 5.11. The lowest BCUT2D eigenvalue weighted by atomic mass is 10.2. The molecule has 2 rings (SSSR count). The third-order valence-corrected chi connectivity index (χ3v) is 3.41. The van der Waals surface area contributed by atoms with Crippen LogP contribution >= 0.6 is 0 Å². The van der Waals surface area contributed by atoms with Crippen molar-refractivity contribution in [2.75, 3.05) is 21.7 Å². The van der Waals surface area contributed by atoms with Crippen molar-refractivity contribution < 1.29 is 9.59 Å². The minimum atomic E-state index is -0.557. The summed E-state index contributed by atoms with van der Waals surface area (Å²) in [5.74, 6) is -0.740. The molecule has 2 aromatic carbocycles. The van der Waals surface area contributed by atoms with Gasteiger partial charge in [0, 0.05) is 24.5 Å². The van der Waals surface area contributed by atoms with Gasteiger partial charge >= 0.3 is 0 Å². The van der Waals surface area contributed by atoms with Gasteiger partial charge in [-0.2, -0.15) is 5.26 Å². The van der Waals surface area contributed by atoms with E-state index in [1.54, 1.807) is 36.4 Å². The Bertz CT molecular complexity index is 895. The average molecular weight is 349 g/mol. The fraction of sp³-hybridized carbons (Fsp3) is 0.105. The first-order valence-electron chi connectivity index (χ1n) is 7.81. The summed E-state index contributed by atoms with van der Waals surface area (Å²) in [5, 5.41) is 17.3. The summed E-state index contributed by atoms with van der Waals surface area (Å²) >= 11 is 0. The SMILES string of the molecule is CC(=O)Nc1ccc(NC(=O)/C(C#N)=C\Nc2ccc(C)cc2N)cc1. The summed E-state index contributed by atoms with van der Waals surface area (Å²) < 4.78 is 0. The molecular weight excluding hydrogens is 330 g/mol. The van der Waals surface area contributed by atoms with Crippen LogP contribution in [0.1, 0.15) is 12.5 Å².